The van der Waals surface area contributed by atoms with Gasteiger partial charge in [0, 0.05) is 18.8 Å². The molecule has 0 fully saturated rings. The highest BCUT2D eigenvalue weighted by Gasteiger charge is 2.23. The van der Waals surface area contributed by atoms with Crippen LogP contribution in [0.5, 0.6) is 0 Å². The summed E-state index contributed by atoms with van der Waals surface area (Å²) in [7, 11) is 0. The summed E-state index contributed by atoms with van der Waals surface area (Å²) in [5.41, 5.74) is 8.02. The summed E-state index contributed by atoms with van der Waals surface area (Å²) in [6.07, 6.45) is 3.87. The number of thiazole rings is 1. The third-order valence-electron chi connectivity index (χ3n) is 2.98. The number of nitro benzene ring substituents is 1. The molecule has 0 saturated heterocycles. The van der Waals surface area contributed by atoms with Crippen LogP contribution in [0.4, 0.5) is 5.69 Å². The molecule has 3 rings (SSSR count). The standard InChI is InChI=1S/C12H11N5O2S/c13-4-3-10-14-5-6-16(10)8-1-2-9-11(15-7-20-9)12(8)17(18)19/h1-2,5-7H,3-4,13H2. The smallest absolute Gasteiger partial charge is 0.320 e. The van der Waals surface area contributed by atoms with Crippen molar-refractivity contribution >= 4 is 27.2 Å². The molecule has 0 aliphatic rings. The molecule has 0 unspecified atom stereocenters. The maximum absolute atomic E-state index is 11.4. The number of fused-ring (bicyclic) bond motifs is 1. The Balaban J connectivity index is 2.27. The maximum Gasteiger partial charge on any atom is 0.320 e. The number of imidazole rings is 1. The minimum absolute atomic E-state index is 0.0000198. The number of hydrogen-bond acceptors (Lipinski definition) is 6. The highest BCUT2D eigenvalue weighted by Crippen LogP contribution is 2.33. The summed E-state index contributed by atoms with van der Waals surface area (Å²) in [5, 5.41) is 11.4. The van der Waals surface area contributed by atoms with Crippen LogP contribution in [0.25, 0.3) is 15.9 Å². The van der Waals surface area contributed by atoms with Crippen LogP contribution in [0.1, 0.15) is 5.82 Å². The Morgan fingerprint density at radius 2 is 2.25 bits per heavy atom. The molecule has 0 aliphatic heterocycles. The fraction of sp³-hybridized carbons (Fsp3) is 0.167. The molecule has 20 heavy (non-hydrogen) atoms. The number of aromatic nitrogens is 3. The van der Waals surface area contributed by atoms with Crippen LogP contribution in [-0.2, 0) is 6.42 Å². The Hall–Kier alpha value is -2.32. The highest BCUT2D eigenvalue weighted by atomic mass is 32.1. The zero-order chi connectivity index (χ0) is 14.1. The van der Waals surface area contributed by atoms with Crippen LogP contribution in [0.3, 0.4) is 0 Å². The number of benzene rings is 1. The van der Waals surface area contributed by atoms with Crippen molar-refractivity contribution in [2.45, 2.75) is 6.42 Å². The van der Waals surface area contributed by atoms with Gasteiger partial charge in [-0.2, -0.15) is 0 Å². The van der Waals surface area contributed by atoms with E-state index in [-0.39, 0.29) is 5.69 Å². The minimum atomic E-state index is -0.399. The van der Waals surface area contributed by atoms with Gasteiger partial charge in [-0.3, -0.25) is 14.7 Å². The highest BCUT2D eigenvalue weighted by molar-refractivity contribution is 7.16. The first-order chi connectivity index (χ1) is 9.72. The lowest BCUT2D eigenvalue weighted by Gasteiger charge is -2.08. The molecule has 0 bridgehead atoms. The molecule has 2 N–H and O–H groups in total. The fourth-order valence-corrected chi connectivity index (χ4v) is 2.83. The van der Waals surface area contributed by atoms with E-state index in [0.717, 1.165) is 4.70 Å². The molecule has 7 nitrogen and oxygen atoms in total. The molecule has 2 heterocycles. The molecule has 8 heteroatoms. The molecule has 2 aromatic heterocycles. The van der Waals surface area contributed by atoms with Crippen LogP contribution < -0.4 is 5.73 Å². The number of nitrogens with zero attached hydrogens (tertiary/aromatic N) is 4. The van der Waals surface area contributed by atoms with Gasteiger partial charge in [-0.1, -0.05) is 0 Å². The zero-order valence-electron chi connectivity index (χ0n) is 10.4. The average molecular weight is 289 g/mol. The van der Waals surface area contributed by atoms with Crippen molar-refractivity contribution in [3.63, 3.8) is 0 Å². The molecule has 0 amide bonds. The molecular weight excluding hydrogens is 278 g/mol. The second-order valence-electron chi connectivity index (χ2n) is 4.14. The number of nitro groups is 1. The molecule has 1 aromatic carbocycles. The predicted molar refractivity (Wildman–Crippen MR) is 76.2 cm³/mol. The van der Waals surface area contributed by atoms with E-state index in [9.17, 15) is 10.1 Å². The van der Waals surface area contributed by atoms with Crippen molar-refractivity contribution in [2.24, 2.45) is 5.73 Å². The second-order valence-corrected chi connectivity index (χ2v) is 5.03. The van der Waals surface area contributed by atoms with E-state index in [1.165, 1.54) is 11.3 Å². The van der Waals surface area contributed by atoms with Gasteiger partial charge in [0.25, 0.3) is 0 Å². The van der Waals surface area contributed by atoms with Crippen LogP contribution in [0.15, 0.2) is 30.0 Å². The van der Waals surface area contributed by atoms with Gasteiger partial charge in [0.15, 0.2) is 5.52 Å². The fourth-order valence-electron chi connectivity index (χ4n) is 2.15. The predicted octanol–water partition coefficient (Wildman–Crippen LogP) is 1.89. The third-order valence-corrected chi connectivity index (χ3v) is 3.78. The van der Waals surface area contributed by atoms with Gasteiger partial charge in [0.1, 0.15) is 11.5 Å². The summed E-state index contributed by atoms with van der Waals surface area (Å²) >= 11 is 1.38. The van der Waals surface area contributed by atoms with Crippen molar-refractivity contribution in [3.8, 4) is 5.69 Å². The van der Waals surface area contributed by atoms with E-state index in [1.54, 1.807) is 28.5 Å². The number of rotatable bonds is 4. The van der Waals surface area contributed by atoms with E-state index in [2.05, 4.69) is 9.97 Å². The summed E-state index contributed by atoms with van der Waals surface area (Å²) < 4.78 is 2.49. The summed E-state index contributed by atoms with van der Waals surface area (Å²) in [5.74, 6) is 0.699. The molecule has 0 atom stereocenters. The second kappa shape index (κ2) is 4.99. The molecular formula is C12H11N5O2S. The summed E-state index contributed by atoms with van der Waals surface area (Å²) in [4.78, 5) is 19.3. The van der Waals surface area contributed by atoms with Gasteiger partial charge in [-0.15, -0.1) is 11.3 Å². The van der Waals surface area contributed by atoms with E-state index in [4.69, 9.17) is 5.73 Å². The van der Waals surface area contributed by atoms with Crippen LogP contribution in [-0.4, -0.2) is 26.0 Å². The van der Waals surface area contributed by atoms with Gasteiger partial charge < -0.3 is 5.73 Å². The Bertz CT molecular complexity index is 779. The average Bonchev–Trinajstić information content (AvgIpc) is 3.05. The van der Waals surface area contributed by atoms with E-state index >= 15 is 0 Å². The van der Waals surface area contributed by atoms with Crippen LogP contribution >= 0.6 is 11.3 Å². The maximum atomic E-state index is 11.4. The molecule has 0 radical (unpaired) electrons. The van der Waals surface area contributed by atoms with Gasteiger partial charge >= 0.3 is 5.69 Å². The first-order valence-corrected chi connectivity index (χ1v) is 6.83. The Kier molecular flexibility index (Phi) is 3.17. The van der Waals surface area contributed by atoms with Crippen molar-refractivity contribution < 1.29 is 4.92 Å². The largest absolute Gasteiger partial charge is 0.330 e. The zero-order valence-corrected chi connectivity index (χ0v) is 11.2. The molecule has 0 spiro atoms. The van der Waals surface area contributed by atoms with E-state index in [0.29, 0.717) is 30.0 Å². The van der Waals surface area contributed by atoms with Crippen molar-refractivity contribution in [2.75, 3.05) is 6.54 Å². The van der Waals surface area contributed by atoms with Crippen LogP contribution in [0, 0.1) is 10.1 Å². The van der Waals surface area contributed by atoms with Gasteiger partial charge in [0.2, 0.25) is 0 Å². The van der Waals surface area contributed by atoms with Gasteiger partial charge in [0.05, 0.1) is 15.1 Å². The Morgan fingerprint density at radius 1 is 1.40 bits per heavy atom. The van der Waals surface area contributed by atoms with Gasteiger partial charge in [-0.25, -0.2) is 9.97 Å². The normalized spacial score (nSPS) is 11.1. The topological polar surface area (TPSA) is 99.9 Å². The van der Waals surface area contributed by atoms with Crippen molar-refractivity contribution in [1.82, 2.24) is 14.5 Å². The monoisotopic (exact) mass is 289 g/mol. The lowest BCUT2D eigenvalue weighted by Crippen LogP contribution is -2.10. The number of nitrogens with two attached hydrogens (primary N) is 1. The molecule has 102 valence electrons. The van der Waals surface area contributed by atoms with Crippen molar-refractivity contribution in [1.29, 1.82) is 0 Å². The third kappa shape index (κ3) is 1.95. The summed E-state index contributed by atoms with van der Waals surface area (Å²) in [6.45, 7) is 0.434. The minimum Gasteiger partial charge on any atom is -0.330 e. The Morgan fingerprint density at radius 3 is 3.00 bits per heavy atom. The SMILES string of the molecule is NCCc1nccn1-c1ccc2scnc2c1[N+](=O)[O-]. The molecule has 3 aromatic rings. The quantitative estimate of drug-likeness (QED) is 0.584. The molecule has 0 aliphatic carbocycles. The van der Waals surface area contributed by atoms with E-state index < -0.39 is 4.92 Å². The first kappa shape index (κ1) is 12.7. The van der Waals surface area contributed by atoms with E-state index in [1.807, 2.05) is 6.07 Å². The lowest BCUT2D eigenvalue weighted by atomic mass is 10.2. The summed E-state index contributed by atoms with van der Waals surface area (Å²) in [6, 6.07) is 3.56. The van der Waals surface area contributed by atoms with Gasteiger partial charge in [-0.05, 0) is 18.7 Å². The lowest BCUT2D eigenvalue weighted by molar-refractivity contribution is -0.382. The van der Waals surface area contributed by atoms with Crippen LogP contribution in [0.2, 0.25) is 0 Å². The first-order valence-electron chi connectivity index (χ1n) is 5.95. The molecule has 0 saturated carbocycles. The Labute approximate surface area is 117 Å². The van der Waals surface area contributed by atoms with Crippen molar-refractivity contribution in [3.05, 3.63) is 46.0 Å². The number of hydrogen-bond donors (Lipinski definition) is 1.